The Kier molecular flexibility index (Phi) is 3.37. The van der Waals surface area contributed by atoms with Gasteiger partial charge in [0.2, 0.25) is 0 Å². The van der Waals surface area contributed by atoms with Crippen molar-refractivity contribution in [1.29, 1.82) is 0 Å². The SMILES string of the molecule is NC(c1cccc(I)c1)c1csc2ccccc12. The van der Waals surface area contributed by atoms with E-state index in [-0.39, 0.29) is 6.04 Å². The standard InChI is InChI=1S/C15H12INS/c16-11-5-3-4-10(8-11)15(17)13-9-18-14-7-2-1-6-12(13)14/h1-9,15H,17H2. The van der Waals surface area contributed by atoms with Crippen LogP contribution in [0.4, 0.5) is 0 Å². The number of nitrogens with two attached hydrogens (primary N) is 1. The molecule has 0 aliphatic heterocycles. The maximum absolute atomic E-state index is 6.40. The van der Waals surface area contributed by atoms with Crippen LogP contribution in [-0.2, 0) is 0 Å². The van der Waals surface area contributed by atoms with Crippen LogP contribution >= 0.6 is 33.9 Å². The third-order valence-corrected chi connectivity index (χ3v) is 4.71. The maximum atomic E-state index is 6.40. The number of hydrogen-bond acceptors (Lipinski definition) is 2. The van der Waals surface area contributed by atoms with Crippen molar-refractivity contribution < 1.29 is 0 Å². The molecule has 0 amide bonds. The summed E-state index contributed by atoms with van der Waals surface area (Å²) >= 11 is 4.08. The Morgan fingerprint density at radius 1 is 1.06 bits per heavy atom. The first-order valence-electron chi connectivity index (χ1n) is 5.73. The second-order valence-corrected chi connectivity index (χ2v) is 6.38. The molecule has 0 aliphatic rings. The van der Waals surface area contributed by atoms with E-state index in [4.69, 9.17) is 5.73 Å². The van der Waals surface area contributed by atoms with Crippen molar-refractivity contribution in [3.8, 4) is 0 Å². The molecule has 90 valence electrons. The van der Waals surface area contributed by atoms with E-state index in [9.17, 15) is 0 Å². The van der Waals surface area contributed by atoms with Crippen molar-refractivity contribution in [3.63, 3.8) is 0 Å². The molecule has 0 saturated carbocycles. The van der Waals surface area contributed by atoms with Gasteiger partial charge < -0.3 is 5.73 Å². The highest BCUT2D eigenvalue weighted by Crippen LogP contribution is 2.32. The van der Waals surface area contributed by atoms with Gasteiger partial charge in [-0.2, -0.15) is 0 Å². The van der Waals surface area contributed by atoms with E-state index in [1.807, 2.05) is 0 Å². The van der Waals surface area contributed by atoms with E-state index >= 15 is 0 Å². The lowest BCUT2D eigenvalue weighted by atomic mass is 9.99. The number of hydrogen-bond donors (Lipinski definition) is 1. The molecule has 0 spiro atoms. The maximum Gasteiger partial charge on any atom is 0.0566 e. The van der Waals surface area contributed by atoms with Crippen LogP contribution in [-0.4, -0.2) is 0 Å². The lowest BCUT2D eigenvalue weighted by Crippen LogP contribution is -2.11. The Balaban J connectivity index is 2.09. The van der Waals surface area contributed by atoms with Crippen LogP contribution in [0.2, 0.25) is 0 Å². The highest BCUT2D eigenvalue weighted by atomic mass is 127. The van der Waals surface area contributed by atoms with Crippen molar-refractivity contribution in [2.45, 2.75) is 6.04 Å². The summed E-state index contributed by atoms with van der Waals surface area (Å²) in [6.45, 7) is 0. The van der Waals surface area contributed by atoms with Gasteiger partial charge in [0.15, 0.2) is 0 Å². The summed E-state index contributed by atoms with van der Waals surface area (Å²) in [6, 6.07) is 16.8. The fourth-order valence-electron chi connectivity index (χ4n) is 2.12. The third kappa shape index (κ3) is 2.18. The monoisotopic (exact) mass is 365 g/mol. The molecule has 3 rings (SSSR count). The molecular formula is C15H12INS. The first-order valence-corrected chi connectivity index (χ1v) is 7.69. The zero-order valence-electron chi connectivity index (χ0n) is 9.64. The number of thiophene rings is 1. The summed E-state index contributed by atoms with van der Waals surface area (Å²) in [5.74, 6) is 0. The number of fused-ring (bicyclic) bond motifs is 1. The Morgan fingerprint density at radius 3 is 2.72 bits per heavy atom. The minimum absolute atomic E-state index is 0.0455. The van der Waals surface area contributed by atoms with Crippen molar-refractivity contribution in [3.05, 3.63) is 68.6 Å². The summed E-state index contributed by atoms with van der Waals surface area (Å²) in [4.78, 5) is 0. The lowest BCUT2D eigenvalue weighted by molar-refractivity contribution is 0.883. The van der Waals surface area contributed by atoms with Gasteiger partial charge in [-0.05, 0) is 62.7 Å². The predicted octanol–water partition coefficient (Wildman–Crippen LogP) is 4.55. The molecule has 1 nitrogen and oxygen atoms in total. The van der Waals surface area contributed by atoms with Crippen LogP contribution in [0.5, 0.6) is 0 Å². The smallest absolute Gasteiger partial charge is 0.0566 e. The summed E-state index contributed by atoms with van der Waals surface area (Å²) < 4.78 is 2.52. The van der Waals surface area contributed by atoms with Gasteiger partial charge in [-0.15, -0.1) is 11.3 Å². The van der Waals surface area contributed by atoms with E-state index in [0.29, 0.717) is 0 Å². The molecule has 1 aromatic heterocycles. The zero-order valence-corrected chi connectivity index (χ0v) is 12.6. The predicted molar refractivity (Wildman–Crippen MR) is 87.0 cm³/mol. The Bertz CT molecular complexity index is 690. The molecule has 2 N–H and O–H groups in total. The second kappa shape index (κ2) is 4.99. The molecule has 3 heteroatoms. The highest BCUT2D eigenvalue weighted by Gasteiger charge is 2.13. The average Bonchev–Trinajstić information content (AvgIpc) is 2.82. The van der Waals surface area contributed by atoms with Crippen molar-refractivity contribution >= 4 is 44.0 Å². The Morgan fingerprint density at radius 2 is 1.89 bits per heavy atom. The van der Waals surface area contributed by atoms with Gasteiger partial charge in [0, 0.05) is 8.27 Å². The van der Waals surface area contributed by atoms with E-state index in [1.165, 1.54) is 24.8 Å². The van der Waals surface area contributed by atoms with Gasteiger partial charge in [-0.25, -0.2) is 0 Å². The number of benzene rings is 2. The molecule has 18 heavy (non-hydrogen) atoms. The van der Waals surface area contributed by atoms with Gasteiger partial charge in [-0.3, -0.25) is 0 Å². The summed E-state index contributed by atoms with van der Waals surface area (Å²) in [5.41, 5.74) is 8.79. The number of halogens is 1. The van der Waals surface area contributed by atoms with Crippen LogP contribution < -0.4 is 5.73 Å². The molecule has 1 heterocycles. The first kappa shape index (κ1) is 12.1. The van der Waals surface area contributed by atoms with Crippen LogP contribution in [0, 0.1) is 3.57 Å². The molecule has 1 unspecified atom stereocenters. The molecule has 0 saturated heterocycles. The normalized spacial score (nSPS) is 12.8. The minimum Gasteiger partial charge on any atom is -0.320 e. The van der Waals surface area contributed by atoms with Gasteiger partial charge in [0.05, 0.1) is 6.04 Å². The summed E-state index contributed by atoms with van der Waals surface area (Å²) in [7, 11) is 0. The summed E-state index contributed by atoms with van der Waals surface area (Å²) in [5, 5.41) is 3.45. The van der Waals surface area contributed by atoms with Crippen LogP contribution in [0.25, 0.3) is 10.1 Å². The van der Waals surface area contributed by atoms with Gasteiger partial charge in [-0.1, -0.05) is 30.3 Å². The molecule has 3 aromatic rings. The average molecular weight is 365 g/mol. The van der Waals surface area contributed by atoms with Crippen LogP contribution in [0.1, 0.15) is 17.2 Å². The van der Waals surface area contributed by atoms with E-state index < -0.39 is 0 Å². The lowest BCUT2D eigenvalue weighted by Gasteiger charge is -2.11. The van der Waals surface area contributed by atoms with Gasteiger partial charge in [0.1, 0.15) is 0 Å². The van der Waals surface area contributed by atoms with Crippen LogP contribution in [0.3, 0.4) is 0 Å². The molecule has 1 atom stereocenters. The second-order valence-electron chi connectivity index (χ2n) is 4.22. The fourth-order valence-corrected chi connectivity index (χ4v) is 3.68. The molecule has 0 fully saturated rings. The van der Waals surface area contributed by atoms with Crippen molar-refractivity contribution in [2.24, 2.45) is 5.73 Å². The van der Waals surface area contributed by atoms with Gasteiger partial charge in [0.25, 0.3) is 0 Å². The van der Waals surface area contributed by atoms with Gasteiger partial charge >= 0.3 is 0 Å². The Hall–Kier alpha value is -0.910. The van der Waals surface area contributed by atoms with E-state index in [2.05, 4.69) is 76.5 Å². The first-order chi connectivity index (χ1) is 8.75. The van der Waals surface area contributed by atoms with Crippen LogP contribution in [0.15, 0.2) is 53.9 Å². The molecular weight excluding hydrogens is 353 g/mol. The van der Waals surface area contributed by atoms with E-state index in [1.54, 1.807) is 11.3 Å². The highest BCUT2D eigenvalue weighted by molar-refractivity contribution is 14.1. The summed E-state index contributed by atoms with van der Waals surface area (Å²) in [6.07, 6.45) is 0. The number of rotatable bonds is 2. The van der Waals surface area contributed by atoms with Crippen molar-refractivity contribution in [1.82, 2.24) is 0 Å². The minimum atomic E-state index is -0.0455. The zero-order chi connectivity index (χ0) is 12.5. The van der Waals surface area contributed by atoms with Crippen molar-refractivity contribution in [2.75, 3.05) is 0 Å². The Labute approximate surface area is 124 Å². The molecule has 0 bridgehead atoms. The quantitative estimate of drug-likeness (QED) is 0.663. The van der Waals surface area contributed by atoms with E-state index in [0.717, 1.165) is 0 Å². The topological polar surface area (TPSA) is 26.0 Å². The molecule has 0 aliphatic carbocycles. The molecule has 2 aromatic carbocycles. The third-order valence-electron chi connectivity index (χ3n) is 3.05. The largest absolute Gasteiger partial charge is 0.320 e. The fraction of sp³-hybridized carbons (Fsp3) is 0.0667. The molecule has 0 radical (unpaired) electrons.